The third kappa shape index (κ3) is 3.77. The highest BCUT2D eigenvalue weighted by Crippen LogP contribution is 2.21. The lowest BCUT2D eigenvalue weighted by atomic mass is 10.1. The Morgan fingerprint density at radius 2 is 2.00 bits per heavy atom. The van der Waals surface area contributed by atoms with Gasteiger partial charge in [-0.3, -0.25) is 14.7 Å². The molecule has 8 nitrogen and oxygen atoms in total. The Labute approximate surface area is 164 Å². The summed E-state index contributed by atoms with van der Waals surface area (Å²) in [5.41, 5.74) is 4.53. The number of hydrazone groups is 1. The van der Waals surface area contributed by atoms with Gasteiger partial charge in [0.05, 0.1) is 30.0 Å². The summed E-state index contributed by atoms with van der Waals surface area (Å²) < 4.78 is 10.5. The lowest BCUT2D eigenvalue weighted by Crippen LogP contribution is -2.19. The van der Waals surface area contributed by atoms with Gasteiger partial charge in [-0.2, -0.15) is 10.2 Å². The zero-order valence-electron chi connectivity index (χ0n) is 15.4. The van der Waals surface area contributed by atoms with Gasteiger partial charge >= 0.3 is 0 Å². The van der Waals surface area contributed by atoms with Crippen molar-refractivity contribution in [3.63, 3.8) is 0 Å². The van der Waals surface area contributed by atoms with Gasteiger partial charge < -0.3 is 9.15 Å². The number of nitrogens with one attached hydrogen (secondary N) is 2. The summed E-state index contributed by atoms with van der Waals surface area (Å²) in [6, 6.07) is 15.8. The van der Waals surface area contributed by atoms with Crippen molar-refractivity contribution in [2.75, 3.05) is 7.11 Å². The van der Waals surface area contributed by atoms with E-state index in [1.807, 2.05) is 24.3 Å². The molecule has 0 aliphatic heterocycles. The minimum absolute atomic E-state index is 0.229. The minimum Gasteiger partial charge on any atom is -0.497 e. The van der Waals surface area contributed by atoms with Crippen molar-refractivity contribution in [3.8, 4) is 17.0 Å². The Kier molecular flexibility index (Phi) is 4.90. The van der Waals surface area contributed by atoms with E-state index in [0.29, 0.717) is 16.7 Å². The van der Waals surface area contributed by atoms with Gasteiger partial charge in [0, 0.05) is 5.56 Å². The van der Waals surface area contributed by atoms with E-state index in [2.05, 4.69) is 20.7 Å². The van der Waals surface area contributed by atoms with E-state index < -0.39 is 5.91 Å². The Morgan fingerprint density at radius 3 is 2.79 bits per heavy atom. The monoisotopic (exact) mass is 388 g/mol. The van der Waals surface area contributed by atoms with E-state index in [1.165, 1.54) is 12.5 Å². The number of hydrogen-bond donors (Lipinski definition) is 2. The number of benzene rings is 2. The molecule has 144 valence electrons. The quantitative estimate of drug-likeness (QED) is 0.403. The van der Waals surface area contributed by atoms with Crippen LogP contribution in [-0.4, -0.2) is 29.4 Å². The number of aromatic amines is 1. The number of carbonyl (C=O) groups excluding carboxylic acids is 1. The van der Waals surface area contributed by atoms with Crippen molar-refractivity contribution in [3.05, 3.63) is 82.3 Å². The number of rotatable bonds is 5. The fraction of sp³-hybridized carbons (Fsp3) is 0.0476. The van der Waals surface area contributed by atoms with E-state index in [-0.39, 0.29) is 16.7 Å². The lowest BCUT2D eigenvalue weighted by molar-refractivity contribution is 0.0950. The van der Waals surface area contributed by atoms with Crippen LogP contribution in [0, 0.1) is 0 Å². The summed E-state index contributed by atoms with van der Waals surface area (Å²) in [4.78, 5) is 24.7. The second kappa shape index (κ2) is 7.81. The largest absolute Gasteiger partial charge is 0.497 e. The maximum absolute atomic E-state index is 12.4. The third-order valence-electron chi connectivity index (χ3n) is 4.28. The van der Waals surface area contributed by atoms with Crippen LogP contribution in [0.3, 0.4) is 0 Å². The number of H-pyrrole nitrogens is 1. The van der Waals surface area contributed by atoms with Gasteiger partial charge in [0.25, 0.3) is 5.91 Å². The molecule has 0 aliphatic carbocycles. The van der Waals surface area contributed by atoms with Gasteiger partial charge in [-0.1, -0.05) is 12.1 Å². The molecule has 0 saturated heterocycles. The van der Waals surface area contributed by atoms with Crippen molar-refractivity contribution in [1.82, 2.24) is 15.6 Å². The molecule has 4 rings (SSSR count). The van der Waals surface area contributed by atoms with Gasteiger partial charge in [-0.25, -0.2) is 5.43 Å². The molecule has 4 aromatic rings. The number of carbonyl (C=O) groups is 1. The summed E-state index contributed by atoms with van der Waals surface area (Å²) in [5.74, 6) is 0.244. The maximum Gasteiger partial charge on any atom is 0.289 e. The maximum atomic E-state index is 12.4. The van der Waals surface area contributed by atoms with E-state index in [9.17, 15) is 9.59 Å². The highest BCUT2D eigenvalue weighted by Gasteiger charge is 2.11. The van der Waals surface area contributed by atoms with Crippen LogP contribution in [0.5, 0.6) is 5.75 Å². The molecular weight excluding hydrogens is 372 g/mol. The number of para-hydroxylation sites is 1. The first-order valence-electron chi connectivity index (χ1n) is 8.69. The van der Waals surface area contributed by atoms with E-state index in [0.717, 1.165) is 11.3 Å². The Bertz CT molecular complexity index is 1260. The van der Waals surface area contributed by atoms with Crippen LogP contribution in [0.4, 0.5) is 0 Å². The lowest BCUT2D eigenvalue weighted by Gasteiger charge is -2.00. The van der Waals surface area contributed by atoms with Gasteiger partial charge in [0.1, 0.15) is 23.3 Å². The number of fused-ring (bicyclic) bond motifs is 1. The predicted molar refractivity (Wildman–Crippen MR) is 108 cm³/mol. The second-order valence-corrected chi connectivity index (χ2v) is 6.11. The summed E-state index contributed by atoms with van der Waals surface area (Å²) >= 11 is 0. The molecule has 2 aromatic carbocycles. The van der Waals surface area contributed by atoms with E-state index in [1.54, 1.807) is 37.4 Å². The fourth-order valence-corrected chi connectivity index (χ4v) is 2.75. The normalized spacial score (nSPS) is 11.1. The Morgan fingerprint density at radius 1 is 1.21 bits per heavy atom. The molecule has 2 heterocycles. The van der Waals surface area contributed by atoms with Crippen LogP contribution < -0.4 is 15.6 Å². The highest BCUT2D eigenvalue weighted by molar-refractivity contribution is 5.94. The first-order valence-corrected chi connectivity index (χ1v) is 8.69. The van der Waals surface area contributed by atoms with Crippen LogP contribution >= 0.6 is 0 Å². The molecule has 0 unspecified atom stereocenters. The molecule has 2 aromatic heterocycles. The van der Waals surface area contributed by atoms with Crippen molar-refractivity contribution in [2.45, 2.75) is 0 Å². The summed E-state index contributed by atoms with van der Waals surface area (Å²) in [6.45, 7) is 0. The number of hydrogen-bond acceptors (Lipinski definition) is 6. The van der Waals surface area contributed by atoms with Crippen molar-refractivity contribution in [2.24, 2.45) is 5.10 Å². The fourth-order valence-electron chi connectivity index (χ4n) is 2.75. The molecular formula is C21H16N4O4. The smallest absolute Gasteiger partial charge is 0.289 e. The van der Waals surface area contributed by atoms with Crippen molar-refractivity contribution < 1.29 is 13.9 Å². The Hall–Kier alpha value is -4.20. The van der Waals surface area contributed by atoms with Gasteiger partial charge in [0.2, 0.25) is 5.43 Å². The predicted octanol–water partition coefficient (Wildman–Crippen LogP) is 2.96. The van der Waals surface area contributed by atoms with Crippen LogP contribution in [0.1, 0.15) is 16.1 Å². The first kappa shape index (κ1) is 18.2. The molecule has 8 heteroatoms. The Balaban J connectivity index is 1.47. The first-order chi connectivity index (χ1) is 14.2. The molecule has 1 amide bonds. The van der Waals surface area contributed by atoms with Crippen LogP contribution in [0.15, 0.2) is 75.2 Å². The topological polar surface area (TPSA) is 110 Å². The molecule has 0 fully saturated rings. The number of ether oxygens (including phenoxy) is 1. The van der Waals surface area contributed by atoms with Crippen molar-refractivity contribution >= 4 is 23.1 Å². The van der Waals surface area contributed by atoms with Gasteiger partial charge in [0.15, 0.2) is 0 Å². The summed E-state index contributed by atoms with van der Waals surface area (Å²) in [7, 11) is 1.59. The average molecular weight is 388 g/mol. The number of nitrogens with zero attached hydrogens (tertiary/aromatic N) is 2. The highest BCUT2D eigenvalue weighted by atomic mass is 16.5. The zero-order chi connectivity index (χ0) is 20.2. The van der Waals surface area contributed by atoms with E-state index >= 15 is 0 Å². The zero-order valence-corrected chi connectivity index (χ0v) is 15.4. The third-order valence-corrected chi connectivity index (χ3v) is 4.28. The molecule has 29 heavy (non-hydrogen) atoms. The van der Waals surface area contributed by atoms with Crippen LogP contribution in [0.25, 0.3) is 22.2 Å². The van der Waals surface area contributed by atoms with Crippen LogP contribution in [0.2, 0.25) is 0 Å². The second-order valence-electron chi connectivity index (χ2n) is 6.11. The molecule has 0 bridgehead atoms. The molecule has 0 saturated carbocycles. The average Bonchev–Trinajstić information content (AvgIpc) is 3.26. The molecule has 0 radical (unpaired) electrons. The molecule has 2 N–H and O–H groups in total. The standard InChI is InChI=1S/C21H16N4O4/c1-28-15-8-6-13(7-9-15)17-10-18(24-23-17)21(27)25-22-11-14-12-29-19-5-3-2-4-16(19)20(14)26/h2-12H,1H3,(H,23,24)(H,25,27)/b22-11+. The van der Waals surface area contributed by atoms with Crippen LogP contribution in [-0.2, 0) is 0 Å². The summed E-state index contributed by atoms with van der Waals surface area (Å²) in [5, 5.41) is 11.1. The minimum atomic E-state index is -0.487. The number of aromatic nitrogens is 2. The molecule has 0 spiro atoms. The van der Waals surface area contributed by atoms with Crippen molar-refractivity contribution in [1.29, 1.82) is 0 Å². The SMILES string of the molecule is COc1ccc(-c2cc(C(=O)N/N=C/c3coc4ccccc4c3=O)[nH]n2)cc1. The molecule has 0 atom stereocenters. The van der Waals surface area contributed by atoms with E-state index in [4.69, 9.17) is 9.15 Å². The number of amides is 1. The van der Waals surface area contributed by atoms with Gasteiger partial charge in [-0.05, 0) is 42.5 Å². The molecule has 0 aliphatic rings. The summed E-state index contributed by atoms with van der Waals surface area (Å²) in [6.07, 6.45) is 2.55. The van der Waals surface area contributed by atoms with Gasteiger partial charge in [-0.15, -0.1) is 0 Å². The number of methoxy groups -OCH3 is 1.